The Balaban J connectivity index is -0.0000000800. The van der Waals surface area contributed by atoms with Crippen molar-refractivity contribution in [2.45, 2.75) is 0 Å². The first kappa shape index (κ1) is 15.8. The van der Waals surface area contributed by atoms with Crippen LogP contribution in [-0.2, 0) is 0 Å². The topological polar surface area (TPSA) is 80.9 Å². The summed E-state index contributed by atoms with van der Waals surface area (Å²) in [5, 5.41) is 0. The molecule has 7 heavy (non-hydrogen) atoms. The molecule has 0 amide bonds. The van der Waals surface area contributed by atoms with Crippen molar-refractivity contribution in [2.24, 2.45) is 0 Å². The van der Waals surface area contributed by atoms with Gasteiger partial charge in [-0.15, -0.1) is 0 Å². The summed E-state index contributed by atoms with van der Waals surface area (Å²) >= 11 is 0. The first-order chi connectivity index (χ1) is 2.00. The van der Waals surface area contributed by atoms with Crippen molar-refractivity contribution in [3.8, 4) is 0 Å². The van der Waals surface area contributed by atoms with Crippen molar-refractivity contribution >= 4 is 56.0 Å². The Morgan fingerprint density at radius 1 is 0.857 bits per heavy atom. The molecule has 4 N–H and O–H groups in total. The average molecular weight is 148 g/mol. The molecule has 38 valence electrons. The fraction of sp³-hybridized carbons (Fsp3) is 0. The fourth-order valence-electron chi connectivity index (χ4n) is 0. The SMILES string of the molecule is O[Si](O)(O)O.[AlH].[NaH]. The molecule has 0 aliphatic heterocycles. The molecule has 0 spiro atoms. The van der Waals surface area contributed by atoms with Crippen LogP contribution in [0.1, 0.15) is 0 Å². The zero-order valence-corrected chi connectivity index (χ0v) is 5.41. The van der Waals surface area contributed by atoms with Gasteiger partial charge in [-0.3, -0.25) is 0 Å². The molecule has 2 radical (unpaired) electrons. The van der Waals surface area contributed by atoms with Crippen LogP contribution in [0.25, 0.3) is 0 Å². The summed E-state index contributed by atoms with van der Waals surface area (Å²) in [7, 11) is -4.61. The Hall–Kier alpha value is 1.59. The van der Waals surface area contributed by atoms with Crippen molar-refractivity contribution < 1.29 is 19.2 Å². The Labute approximate surface area is 74.7 Å². The van der Waals surface area contributed by atoms with Crippen LogP contribution in [0.2, 0.25) is 0 Å². The predicted molar refractivity (Wildman–Crippen MR) is 28.9 cm³/mol. The molecule has 0 bridgehead atoms. The van der Waals surface area contributed by atoms with Gasteiger partial charge in [-0.1, -0.05) is 0 Å². The van der Waals surface area contributed by atoms with Crippen LogP contribution in [0, 0.1) is 0 Å². The molecule has 0 aliphatic rings. The van der Waals surface area contributed by atoms with E-state index in [0.29, 0.717) is 0 Å². The van der Waals surface area contributed by atoms with Gasteiger partial charge in [-0.25, -0.2) is 0 Å². The summed E-state index contributed by atoms with van der Waals surface area (Å²) in [5.74, 6) is 0. The molecular formula is H6AlNaO4Si. The standard InChI is InChI=1S/Al.Na.H4O4Si.2H/c;;1-5(2,3)4;;/h;;1-4H;;. The van der Waals surface area contributed by atoms with Gasteiger partial charge in [0.2, 0.25) is 0 Å². The molecule has 0 aromatic heterocycles. The fourth-order valence-corrected chi connectivity index (χ4v) is 0. The molecule has 0 aliphatic carbocycles. The van der Waals surface area contributed by atoms with Crippen molar-refractivity contribution in [3.05, 3.63) is 0 Å². The van der Waals surface area contributed by atoms with E-state index < -0.39 is 9.05 Å². The van der Waals surface area contributed by atoms with Crippen molar-refractivity contribution in [2.75, 3.05) is 0 Å². The molecule has 0 fully saturated rings. The van der Waals surface area contributed by atoms with E-state index in [-0.39, 0.29) is 46.9 Å². The van der Waals surface area contributed by atoms with Gasteiger partial charge in [-0.2, -0.15) is 0 Å². The van der Waals surface area contributed by atoms with Crippen LogP contribution in [0.4, 0.5) is 0 Å². The third-order valence-electron chi connectivity index (χ3n) is 0. The summed E-state index contributed by atoms with van der Waals surface area (Å²) in [6.45, 7) is 0. The third-order valence-corrected chi connectivity index (χ3v) is 0. The molecule has 0 unspecified atom stereocenters. The first-order valence-corrected chi connectivity index (χ1v) is 2.68. The monoisotopic (exact) mass is 148 g/mol. The second kappa shape index (κ2) is 5.72. The van der Waals surface area contributed by atoms with E-state index in [9.17, 15) is 0 Å². The average Bonchev–Trinajstić information content (AvgIpc) is 0.722. The van der Waals surface area contributed by atoms with E-state index in [2.05, 4.69) is 0 Å². The summed E-state index contributed by atoms with van der Waals surface area (Å²) in [6, 6.07) is 0. The maximum atomic E-state index is 7.33. The van der Waals surface area contributed by atoms with Gasteiger partial charge in [0, 0.05) is 0 Å². The van der Waals surface area contributed by atoms with Gasteiger partial charge in [0.15, 0.2) is 0 Å². The summed E-state index contributed by atoms with van der Waals surface area (Å²) in [4.78, 5) is 29.3. The van der Waals surface area contributed by atoms with Crippen LogP contribution in [0.3, 0.4) is 0 Å². The molecule has 0 saturated heterocycles. The quantitative estimate of drug-likeness (QED) is 0.265. The van der Waals surface area contributed by atoms with Crippen LogP contribution >= 0.6 is 0 Å². The van der Waals surface area contributed by atoms with Crippen LogP contribution in [0.15, 0.2) is 0 Å². The van der Waals surface area contributed by atoms with E-state index in [4.69, 9.17) is 19.2 Å². The Morgan fingerprint density at radius 2 is 0.857 bits per heavy atom. The molecule has 0 atom stereocenters. The van der Waals surface area contributed by atoms with Crippen molar-refractivity contribution in [1.29, 1.82) is 0 Å². The van der Waals surface area contributed by atoms with E-state index >= 15 is 0 Å². The number of hydrogen-bond acceptors (Lipinski definition) is 4. The van der Waals surface area contributed by atoms with Gasteiger partial charge in [0.1, 0.15) is 0 Å². The van der Waals surface area contributed by atoms with Crippen LogP contribution < -0.4 is 0 Å². The molecule has 0 heterocycles. The Kier molecular flexibility index (Phi) is 12.9. The third kappa shape index (κ3) is 93.9. The van der Waals surface area contributed by atoms with E-state index in [0.717, 1.165) is 0 Å². The normalized spacial score (nSPS) is 8.57. The van der Waals surface area contributed by atoms with Gasteiger partial charge in [0.25, 0.3) is 0 Å². The second-order valence-corrected chi connectivity index (χ2v) is 1.80. The van der Waals surface area contributed by atoms with Gasteiger partial charge in [-0.05, 0) is 0 Å². The molecule has 7 heteroatoms. The Morgan fingerprint density at radius 3 is 0.857 bits per heavy atom. The zero-order chi connectivity index (χ0) is 4.50. The van der Waals surface area contributed by atoms with Gasteiger partial charge >= 0.3 is 38.6 Å². The molecule has 0 saturated carbocycles. The van der Waals surface area contributed by atoms with Gasteiger partial charge < -0.3 is 19.2 Å². The van der Waals surface area contributed by atoms with E-state index in [1.165, 1.54) is 0 Å². The molecule has 4 nitrogen and oxygen atoms in total. The molecule has 0 rings (SSSR count). The maximum absolute atomic E-state index is 7.33. The number of rotatable bonds is 0. The predicted octanol–water partition coefficient (Wildman–Crippen LogP) is -3.91. The second-order valence-electron chi connectivity index (χ2n) is 0.600. The minimum atomic E-state index is -4.61. The minimum absolute atomic E-state index is 0. The molecule has 0 aromatic rings. The van der Waals surface area contributed by atoms with Gasteiger partial charge in [0.05, 0.1) is 17.4 Å². The van der Waals surface area contributed by atoms with Crippen molar-refractivity contribution in [1.82, 2.24) is 0 Å². The van der Waals surface area contributed by atoms with E-state index in [1.807, 2.05) is 0 Å². The zero-order valence-electron chi connectivity index (χ0n) is 3.00. The Bertz CT molecular complexity index is 27.2. The summed E-state index contributed by atoms with van der Waals surface area (Å²) in [6.07, 6.45) is 0. The van der Waals surface area contributed by atoms with Crippen molar-refractivity contribution in [3.63, 3.8) is 0 Å². The number of hydrogen-bond donors (Lipinski definition) is 4. The van der Waals surface area contributed by atoms with Crippen LogP contribution in [-0.4, -0.2) is 75.1 Å². The summed E-state index contributed by atoms with van der Waals surface area (Å²) < 4.78 is 0. The molecular weight excluding hydrogens is 142 g/mol. The van der Waals surface area contributed by atoms with E-state index in [1.54, 1.807) is 0 Å². The molecule has 0 aromatic carbocycles. The first-order valence-electron chi connectivity index (χ1n) is 0.894. The summed E-state index contributed by atoms with van der Waals surface area (Å²) in [5.41, 5.74) is 0. The van der Waals surface area contributed by atoms with Crippen LogP contribution in [0.5, 0.6) is 0 Å².